The van der Waals surface area contributed by atoms with Gasteiger partial charge < -0.3 is 11.2 Å². The maximum atomic E-state index is 12.4. The summed E-state index contributed by atoms with van der Waals surface area (Å²) in [5, 5.41) is 11.9. The molecule has 1 atom stereocenters. The third kappa shape index (κ3) is 4.64. The maximum absolute atomic E-state index is 12.4. The van der Waals surface area contributed by atoms with Gasteiger partial charge in [0.2, 0.25) is 11.1 Å². The number of fused-ring (bicyclic) bond motifs is 1. The van der Waals surface area contributed by atoms with Crippen LogP contribution in [0.4, 0.5) is 0 Å². The average molecular weight is 388 g/mol. The standard InChI is InChI=1S/C20H29N5OS/c1-13(15-10-9-14-7-5-6-8-16(14)11-15)22-17(26)12-27-19-24-23-18(25(19)21)20(2,3)4/h9-11,13H,5-8,12,21H2,1-4H3,(H,22,26). The number of benzene rings is 1. The van der Waals surface area contributed by atoms with Gasteiger partial charge in [0.25, 0.3) is 0 Å². The number of nitrogen functional groups attached to an aromatic ring is 1. The maximum Gasteiger partial charge on any atom is 0.230 e. The number of hydrogen-bond donors (Lipinski definition) is 2. The second-order valence-corrected chi connectivity index (χ2v) is 9.18. The highest BCUT2D eigenvalue weighted by molar-refractivity contribution is 7.99. The van der Waals surface area contributed by atoms with Gasteiger partial charge in [0.05, 0.1) is 11.8 Å². The Kier molecular flexibility index (Phi) is 5.79. The summed E-state index contributed by atoms with van der Waals surface area (Å²) >= 11 is 1.30. The number of nitrogens with one attached hydrogen (secondary N) is 1. The fourth-order valence-corrected chi connectivity index (χ4v) is 4.07. The zero-order chi connectivity index (χ0) is 19.6. The third-order valence-corrected chi connectivity index (χ3v) is 5.86. The van der Waals surface area contributed by atoms with Crippen molar-refractivity contribution in [2.24, 2.45) is 0 Å². The van der Waals surface area contributed by atoms with Crippen molar-refractivity contribution in [3.05, 3.63) is 40.7 Å². The minimum atomic E-state index is -0.191. The van der Waals surface area contributed by atoms with E-state index in [0.29, 0.717) is 11.0 Å². The van der Waals surface area contributed by atoms with Crippen LogP contribution in [-0.4, -0.2) is 26.5 Å². The van der Waals surface area contributed by atoms with Crippen molar-refractivity contribution in [2.45, 2.75) is 70.0 Å². The van der Waals surface area contributed by atoms with Crippen molar-refractivity contribution >= 4 is 17.7 Å². The lowest BCUT2D eigenvalue weighted by molar-refractivity contribution is -0.119. The van der Waals surface area contributed by atoms with Crippen LogP contribution in [-0.2, 0) is 23.1 Å². The molecule has 0 saturated carbocycles. The zero-order valence-corrected chi connectivity index (χ0v) is 17.4. The first kappa shape index (κ1) is 19.7. The summed E-state index contributed by atoms with van der Waals surface area (Å²) < 4.78 is 1.48. The van der Waals surface area contributed by atoms with Gasteiger partial charge in [-0.05, 0) is 49.3 Å². The van der Waals surface area contributed by atoms with Crippen LogP contribution in [0.3, 0.4) is 0 Å². The van der Waals surface area contributed by atoms with E-state index in [9.17, 15) is 4.79 Å². The molecule has 1 unspecified atom stereocenters. The second-order valence-electron chi connectivity index (χ2n) is 8.24. The Balaban J connectivity index is 1.57. The first-order valence-corrected chi connectivity index (χ1v) is 10.5. The highest BCUT2D eigenvalue weighted by Gasteiger charge is 2.23. The molecule has 0 fully saturated rings. The summed E-state index contributed by atoms with van der Waals surface area (Å²) in [5.74, 6) is 7.00. The number of carbonyl (C=O) groups excluding carboxylic acids is 1. The lowest BCUT2D eigenvalue weighted by Gasteiger charge is -2.20. The van der Waals surface area contributed by atoms with Crippen molar-refractivity contribution in [3.8, 4) is 0 Å². The lowest BCUT2D eigenvalue weighted by atomic mass is 9.89. The molecule has 146 valence electrons. The fourth-order valence-electron chi connectivity index (χ4n) is 3.41. The van der Waals surface area contributed by atoms with Crippen LogP contribution in [0.1, 0.15) is 69.1 Å². The molecule has 1 amide bonds. The van der Waals surface area contributed by atoms with Crippen LogP contribution in [0.2, 0.25) is 0 Å². The van der Waals surface area contributed by atoms with Crippen LogP contribution in [0.15, 0.2) is 23.4 Å². The van der Waals surface area contributed by atoms with E-state index in [0.717, 1.165) is 12.0 Å². The number of amides is 1. The number of nitrogens with two attached hydrogens (primary N) is 1. The zero-order valence-electron chi connectivity index (χ0n) is 16.6. The first-order valence-electron chi connectivity index (χ1n) is 9.50. The van der Waals surface area contributed by atoms with Crippen molar-refractivity contribution in [2.75, 3.05) is 11.6 Å². The van der Waals surface area contributed by atoms with Gasteiger partial charge in [0, 0.05) is 5.41 Å². The second kappa shape index (κ2) is 7.92. The Labute approximate surface area is 165 Å². The molecule has 3 N–H and O–H groups in total. The largest absolute Gasteiger partial charge is 0.349 e. The number of rotatable bonds is 5. The summed E-state index contributed by atoms with van der Waals surface area (Å²) in [6.45, 7) is 8.11. The van der Waals surface area contributed by atoms with E-state index in [1.807, 2.05) is 27.7 Å². The smallest absolute Gasteiger partial charge is 0.230 e. The summed E-state index contributed by atoms with van der Waals surface area (Å²) in [6, 6.07) is 6.57. The summed E-state index contributed by atoms with van der Waals surface area (Å²) in [4.78, 5) is 12.4. The van der Waals surface area contributed by atoms with E-state index in [4.69, 9.17) is 5.84 Å². The van der Waals surface area contributed by atoms with Gasteiger partial charge in [-0.25, -0.2) is 4.68 Å². The highest BCUT2D eigenvalue weighted by atomic mass is 32.2. The van der Waals surface area contributed by atoms with Crippen LogP contribution in [0.5, 0.6) is 0 Å². The summed E-state index contributed by atoms with van der Waals surface area (Å²) in [5.41, 5.74) is 3.85. The quantitative estimate of drug-likeness (QED) is 0.608. The Morgan fingerprint density at radius 3 is 2.63 bits per heavy atom. The fraction of sp³-hybridized carbons (Fsp3) is 0.550. The lowest BCUT2D eigenvalue weighted by Crippen LogP contribution is -2.29. The van der Waals surface area contributed by atoms with E-state index >= 15 is 0 Å². The molecule has 2 aromatic rings. The minimum absolute atomic E-state index is 0.0220. The van der Waals surface area contributed by atoms with Crippen LogP contribution >= 0.6 is 11.8 Å². The molecule has 0 bridgehead atoms. The molecule has 27 heavy (non-hydrogen) atoms. The van der Waals surface area contributed by atoms with Crippen LogP contribution in [0.25, 0.3) is 0 Å². The predicted octanol–water partition coefficient (Wildman–Crippen LogP) is 3.14. The number of nitrogens with zero attached hydrogens (tertiary/aromatic N) is 3. The van der Waals surface area contributed by atoms with Crippen molar-refractivity contribution in [1.29, 1.82) is 0 Å². The number of aromatic nitrogens is 3. The van der Waals surface area contributed by atoms with Crippen LogP contribution in [0, 0.1) is 0 Å². The molecule has 6 nitrogen and oxygen atoms in total. The first-order chi connectivity index (χ1) is 12.8. The van der Waals surface area contributed by atoms with Crippen LogP contribution < -0.4 is 11.2 Å². The van der Waals surface area contributed by atoms with Gasteiger partial charge >= 0.3 is 0 Å². The predicted molar refractivity (Wildman–Crippen MR) is 109 cm³/mol. The summed E-state index contributed by atoms with van der Waals surface area (Å²) in [6.07, 6.45) is 4.84. The van der Waals surface area contributed by atoms with Gasteiger partial charge in [0.15, 0.2) is 5.82 Å². The molecule has 0 spiro atoms. The van der Waals surface area contributed by atoms with Gasteiger partial charge in [-0.15, -0.1) is 10.2 Å². The minimum Gasteiger partial charge on any atom is -0.349 e. The molecule has 0 aliphatic heterocycles. The molecular weight excluding hydrogens is 358 g/mol. The van der Waals surface area contributed by atoms with E-state index in [-0.39, 0.29) is 23.1 Å². The van der Waals surface area contributed by atoms with E-state index < -0.39 is 0 Å². The SMILES string of the molecule is CC(NC(=O)CSc1nnc(C(C)(C)C)n1N)c1ccc2c(c1)CCCC2. The third-order valence-electron chi connectivity index (χ3n) is 4.92. The van der Waals surface area contributed by atoms with E-state index in [1.54, 1.807) is 0 Å². The topological polar surface area (TPSA) is 85.8 Å². The average Bonchev–Trinajstić information content (AvgIpc) is 3.00. The molecule has 0 saturated heterocycles. The molecular formula is C20H29N5OS. The number of carbonyl (C=O) groups is 1. The monoisotopic (exact) mass is 387 g/mol. The van der Waals surface area contributed by atoms with Crippen molar-refractivity contribution < 1.29 is 4.79 Å². The number of aryl methyl sites for hydroxylation is 2. The Morgan fingerprint density at radius 1 is 1.26 bits per heavy atom. The molecule has 1 aliphatic carbocycles. The molecule has 1 aliphatic rings. The van der Waals surface area contributed by atoms with Gasteiger partial charge in [-0.1, -0.05) is 50.7 Å². The number of hydrogen-bond acceptors (Lipinski definition) is 5. The molecule has 1 aromatic heterocycles. The Bertz CT molecular complexity index is 824. The van der Waals surface area contributed by atoms with Gasteiger partial charge in [-0.3, -0.25) is 4.79 Å². The van der Waals surface area contributed by atoms with Gasteiger partial charge in [-0.2, -0.15) is 0 Å². The molecule has 0 radical (unpaired) electrons. The number of thioether (sulfide) groups is 1. The van der Waals surface area contributed by atoms with Crippen molar-refractivity contribution in [1.82, 2.24) is 20.2 Å². The Hall–Kier alpha value is -2.02. The normalized spacial score (nSPS) is 15.3. The van der Waals surface area contributed by atoms with E-state index in [2.05, 4.69) is 33.7 Å². The highest BCUT2D eigenvalue weighted by Crippen LogP contribution is 2.25. The molecule has 1 heterocycles. The summed E-state index contributed by atoms with van der Waals surface area (Å²) in [7, 11) is 0. The molecule has 7 heteroatoms. The van der Waals surface area contributed by atoms with Gasteiger partial charge in [0.1, 0.15) is 0 Å². The Morgan fingerprint density at radius 2 is 1.96 bits per heavy atom. The van der Waals surface area contributed by atoms with Crippen molar-refractivity contribution in [3.63, 3.8) is 0 Å². The molecule has 3 rings (SSSR count). The molecule has 1 aromatic carbocycles. The van der Waals surface area contributed by atoms with E-state index in [1.165, 1.54) is 46.8 Å².